The first-order chi connectivity index (χ1) is 20.8. The van der Waals surface area contributed by atoms with Gasteiger partial charge in [0.2, 0.25) is 6.73 Å². The second kappa shape index (κ2) is 13.3. The number of likely N-dealkylation sites (tertiary alicyclic amines) is 1. The summed E-state index contributed by atoms with van der Waals surface area (Å²) in [5, 5.41) is 15.5. The molecule has 10 nitrogen and oxygen atoms in total. The molecule has 1 saturated heterocycles. The third kappa shape index (κ3) is 6.53. The van der Waals surface area contributed by atoms with Gasteiger partial charge in [-0.25, -0.2) is 14.2 Å². The highest BCUT2D eigenvalue weighted by Gasteiger charge is 2.38. The molecule has 234 valence electrons. The highest BCUT2D eigenvalue weighted by Crippen LogP contribution is 2.35. The molecule has 2 aromatic carbocycles. The number of halogens is 1. The normalized spacial score (nSPS) is 21.3. The Bertz CT molecular complexity index is 1660. The van der Waals surface area contributed by atoms with Gasteiger partial charge < -0.3 is 26.5 Å². The molecule has 2 aliphatic rings. The van der Waals surface area contributed by atoms with Gasteiger partial charge in [-0.1, -0.05) is 35.5 Å². The van der Waals surface area contributed by atoms with Gasteiger partial charge in [0.15, 0.2) is 5.58 Å². The van der Waals surface area contributed by atoms with Gasteiger partial charge in [0, 0.05) is 54.4 Å². The van der Waals surface area contributed by atoms with Gasteiger partial charge in [-0.2, -0.15) is 0 Å². The Kier molecular flexibility index (Phi) is 9.45. The molecule has 4 heterocycles. The van der Waals surface area contributed by atoms with Crippen molar-refractivity contribution in [2.75, 3.05) is 26.4 Å². The lowest BCUT2D eigenvalue weighted by molar-refractivity contribution is -0.948. The number of rotatable bonds is 8. The fourth-order valence-electron chi connectivity index (χ4n) is 6.38. The largest absolute Gasteiger partial charge is 0.512 e. The molecule has 0 spiro atoms. The van der Waals surface area contributed by atoms with Crippen LogP contribution in [0.5, 0.6) is 0 Å². The number of aliphatic hydroxyl groups excluding tert-OH is 1. The van der Waals surface area contributed by atoms with Crippen LogP contribution >= 0.6 is 0 Å². The number of aliphatic hydroxyl groups is 1. The predicted octanol–water partition coefficient (Wildman–Crippen LogP) is 5.36. The Balaban J connectivity index is 0.00000384. The number of benzene rings is 2. The standard InChI is InChI=1S/C32H36FN4O6.CH3/c1-21-25(31(39)36-14-5-8-27(38)30(36)34-21)13-17-37(20-42-32(40)41-19-22-6-3-2-4-7-22)15-11-23(12-16-37)29-26-10-9-24(33)18-28(26)43-35-29;/h2-4,6-7,9-10,18,23,27,38H,5,8,11-17,19-20H2,1H3;1H3/q+1;-1. The fraction of sp³-hybridized carbons (Fsp3) is 0.424. The Morgan fingerprint density at radius 1 is 1.14 bits per heavy atom. The predicted molar refractivity (Wildman–Crippen MR) is 161 cm³/mol. The van der Waals surface area contributed by atoms with Crippen LogP contribution in [-0.2, 0) is 29.0 Å². The van der Waals surface area contributed by atoms with Gasteiger partial charge in [-0.3, -0.25) is 13.8 Å². The Hall–Kier alpha value is -4.09. The number of carbonyl (C=O) groups excluding carboxylic acids is 1. The second-order valence-electron chi connectivity index (χ2n) is 11.7. The maximum absolute atomic E-state index is 13.7. The van der Waals surface area contributed by atoms with E-state index in [1.54, 1.807) is 10.6 Å². The van der Waals surface area contributed by atoms with Crippen LogP contribution in [0.4, 0.5) is 9.18 Å². The first-order valence-corrected chi connectivity index (χ1v) is 14.8. The van der Waals surface area contributed by atoms with E-state index in [9.17, 15) is 19.1 Å². The van der Waals surface area contributed by atoms with Gasteiger partial charge >= 0.3 is 6.16 Å². The molecule has 1 atom stereocenters. The summed E-state index contributed by atoms with van der Waals surface area (Å²) in [5.74, 6) is 0.164. The summed E-state index contributed by atoms with van der Waals surface area (Å²) < 4.78 is 32.2. The van der Waals surface area contributed by atoms with Gasteiger partial charge in [0.05, 0.1) is 25.3 Å². The molecule has 0 radical (unpaired) electrons. The number of hydrogen-bond donors (Lipinski definition) is 1. The molecule has 4 aromatic rings. The molecule has 44 heavy (non-hydrogen) atoms. The average Bonchev–Trinajstić information content (AvgIpc) is 3.43. The van der Waals surface area contributed by atoms with Gasteiger partial charge in [-0.05, 0) is 37.5 Å². The molecule has 1 fully saturated rings. The maximum Gasteiger partial charge on any atom is 0.512 e. The topological polar surface area (TPSA) is 117 Å². The average molecular weight is 607 g/mol. The monoisotopic (exact) mass is 606 g/mol. The zero-order valence-electron chi connectivity index (χ0n) is 25.2. The molecule has 2 aromatic heterocycles. The zero-order chi connectivity index (χ0) is 30.0. The summed E-state index contributed by atoms with van der Waals surface area (Å²) in [6.45, 7) is 4.47. The van der Waals surface area contributed by atoms with Crippen molar-refractivity contribution in [1.82, 2.24) is 14.7 Å². The second-order valence-corrected chi connectivity index (χ2v) is 11.7. The Labute approximate surface area is 255 Å². The van der Waals surface area contributed by atoms with Crippen LogP contribution < -0.4 is 5.56 Å². The van der Waals surface area contributed by atoms with Gasteiger partial charge in [-0.15, -0.1) is 0 Å². The van der Waals surface area contributed by atoms with Crippen molar-refractivity contribution < 1.29 is 32.8 Å². The van der Waals surface area contributed by atoms with Crippen molar-refractivity contribution in [3.8, 4) is 0 Å². The van der Waals surface area contributed by atoms with E-state index in [0.717, 1.165) is 35.9 Å². The van der Waals surface area contributed by atoms with Crippen molar-refractivity contribution in [3.63, 3.8) is 0 Å². The Morgan fingerprint density at radius 3 is 2.68 bits per heavy atom. The van der Waals surface area contributed by atoms with Crippen LogP contribution in [0, 0.1) is 20.2 Å². The quantitative estimate of drug-likeness (QED) is 0.162. The number of piperidine rings is 1. The lowest BCUT2D eigenvalue weighted by atomic mass is 9.90. The van der Waals surface area contributed by atoms with E-state index in [2.05, 4.69) is 10.1 Å². The van der Waals surface area contributed by atoms with Crippen LogP contribution in [0.2, 0.25) is 0 Å². The maximum atomic E-state index is 13.7. The molecule has 6 rings (SSSR count). The number of fused-ring (bicyclic) bond motifs is 2. The third-order valence-corrected chi connectivity index (χ3v) is 8.90. The number of hydrogen-bond acceptors (Lipinski definition) is 8. The molecule has 1 N–H and O–H groups in total. The minimum absolute atomic E-state index is 0. The molecule has 0 bridgehead atoms. The van der Waals surface area contributed by atoms with Crippen LogP contribution in [0.25, 0.3) is 11.0 Å². The van der Waals surface area contributed by atoms with Crippen LogP contribution in [0.3, 0.4) is 0 Å². The number of nitrogens with zero attached hydrogens (tertiary/aromatic N) is 4. The minimum Gasteiger partial charge on any atom is -0.429 e. The van der Waals surface area contributed by atoms with Crippen LogP contribution in [-0.4, -0.2) is 56.8 Å². The zero-order valence-corrected chi connectivity index (χ0v) is 25.2. The van der Waals surface area contributed by atoms with E-state index in [1.807, 2.05) is 37.3 Å². The summed E-state index contributed by atoms with van der Waals surface area (Å²) in [6.07, 6.45) is 1.79. The molecule has 0 saturated carbocycles. The molecular formula is C33H39FN4O6. The van der Waals surface area contributed by atoms with E-state index in [1.165, 1.54) is 12.1 Å². The van der Waals surface area contributed by atoms with Gasteiger partial charge in [0.25, 0.3) is 5.56 Å². The minimum atomic E-state index is -0.742. The fourth-order valence-corrected chi connectivity index (χ4v) is 6.38. The number of aromatic nitrogens is 3. The smallest absolute Gasteiger partial charge is 0.429 e. The molecule has 1 unspecified atom stereocenters. The van der Waals surface area contributed by atoms with Crippen molar-refractivity contribution in [2.45, 2.75) is 64.2 Å². The highest BCUT2D eigenvalue weighted by atomic mass is 19.1. The van der Waals surface area contributed by atoms with Crippen molar-refractivity contribution >= 4 is 17.1 Å². The number of aryl methyl sites for hydroxylation is 1. The summed E-state index contributed by atoms with van der Waals surface area (Å²) in [7, 11) is 0. The molecule has 0 amide bonds. The third-order valence-electron chi connectivity index (χ3n) is 8.90. The molecule has 0 aliphatic carbocycles. The molecule has 2 aliphatic heterocycles. The van der Waals surface area contributed by atoms with E-state index in [0.29, 0.717) is 66.2 Å². The first-order valence-electron chi connectivity index (χ1n) is 14.8. The van der Waals surface area contributed by atoms with E-state index in [4.69, 9.17) is 14.0 Å². The molecule has 11 heteroatoms. The SMILES string of the molecule is Cc1nc2n(c(=O)c1CC[N+]1(COC(=O)OCc3ccccc3)CCC(c3noc4cc(F)ccc34)CC1)CCCC2O.[CH3-]. The van der Waals surface area contributed by atoms with Gasteiger partial charge in [0.1, 0.15) is 24.4 Å². The van der Waals surface area contributed by atoms with E-state index in [-0.39, 0.29) is 38.1 Å². The summed E-state index contributed by atoms with van der Waals surface area (Å²) in [4.78, 5) is 30.7. The lowest BCUT2D eigenvalue weighted by Crippen LogP contribution is -2.55. The number of carbonyl (C=O) groups is 1. The lowest BCUT2D eigenvalue weighted by Gasteiger charge is -2.42. The first kappa shape index (κ1) is 31.3. The number of ether oxygens (including phenoxy) is 2. The summed E-state index contributed by atoms with van der Waals surface area (Å²) in [5.41, 5.74) is 3.22. The summed E-state index contributed by atoms with van der Waals surface area (Å²) in [6, 6.07) is 13.9. The van der Waals surface area contributed by atoms with Crippen molar-refractivity contribution in [2.24, 2.45) is 0 Å². The van der Waals surface area contributed by atoms with Crippen LogP contribution in [0.1, 0.15) is 66.0 Å². The van der Waals surface area contributed by atoms with Crippen LogP contribution in [0.15, 0.2) is 57.8 Å². The molecular weight excluding hydrogens is 567 g/mol. The van der Waals surface area contributed by atoms with E-state index < -0.39 is 12.3 Å². The number of quaternary nitrogens is 1. The van der Waals surface area contributed by atoms with E-state index >= 15 is 0 Å². The highest BCUT2D eigenvalue weighted by molar-refractivity contribution is 5.79. The summed E-state index contributed by atoms with van der Waals surface area (Å²) >= 11 is 0. The van der Waals surface area contributed by atoms with Crippen molar-refractivity contribution in [3.05, 3.63) is 100 Å². The van der Waals surface area contributed by atoms with Crippen molar-refractivity contribution in [1.29, 1.82) is 0 Å². The Morgan fingerprint density at radius 2 is 1.91 bits per heavy atom.